The summed E-state index contributed by atoms with van der Waals surface area (Å²) in [6, 6.07) is 46.0. The summed E-state index contributed by atoms with van der Waals surface area (Å²) in [5.41, 5.74) is 8.59. The fraction of sp³-hybridized carbons (Fsp3) is 0.0513. The summed E-state index contributed by atoms with van der Waals surface area (Å²) < 4.78 is 6.57. The molecule has 2 unspecified atom stereocenters. The molecule has 0 bridgehead atoms. The van der Waals surface area contributed by atoms with Crippen molar-refractivity contribution in [1.29, 1.82) is 0 Å². The second kappa shape index (κ2) is 9.89. The Morgan fingerprint density at radius 1 is 0.568 bits per heavy atom. The number of para-hydroxylation sites is 2. The Labute approximate surface area is 254 Å². The highest BCUT2D eigenvalue weighted by atomic mass is 16.3. The van der Waals surface area contributed by atoms with E-state index in [1.165, 1.54) is 22.5 Å². The van der Waals surface area contributed by atoms with Gasteiger partial charge in [-0.3, -0.25) is 0 Å². The van der Waals surface area contributed by atoms with E-state index in [-0.39, 0.29) is 12.0 Å². The zero-order valence-electron chi connectivity index (χ0n) is 23.7. The molecular formula is C39H26N4O. The van der Waals surface area contributed by atoms with Crippen LogP contribution in [0.3, 0.4) is 0 Å². The molecule has 0 N–H and O–H groups in total. The summed E-state index contributed by atoms with van der Waals surface area (Å²) in [7, 11) is 0. The van der Waals surface area contributed by atoms with Crippen LogP contribution in [-0.4, -0.2) is 21.0 Å². The van der Waals surface area contributed by atoms with Crippen LogP contribution in [0.25, 0.3) is 51.2 Å². The minimum Gasteiger partial charge on any atom is -0.456 e. The lowest BCUT2D eigenvalue weighted by molar-refractivity contribution is 0.584. The van der Waals surface area contributed by atoms with E-state index in [9.17, 15) is 0 Å². The number of furan rings is 1. The molecule has 2 atom stereocenters. The molecule has 5 aromatic carbocycles. The number of nitrogens with zero attached hydrogens (tertiary/aromatic N) is 4. The third-order valence-electron chi connectivity index (χ3n) is 8.68. The maximum Gasteiger partial charge on any atom is 0.164 e. The molecule has 44 heavy (non-hydrogen) atoms. The fourth-order valence-corrected chi connectivity index (χ4v) is 6.73. The molecule has 0 saturated carbocycles. The second-order valence-corrected chi connectivity index (χ2v) is 11.2. The van der Waals surface area contributed by atoms with Crippen molar-refractivity contribution in [3.05, 3.63) is 156 Å². The van der Waals surface area contributed by atoms with Crippen molar-refractivity contribution in [2.24, 2.45) is 0 Å². The lowest BCUT2D eigenvalue weighted by Crippen LogP contribution is -2.30. The van der Waals surface area contributed by atoms with E-state index in [4.69, 9.17) is 19.4 Å². The van der Waals surface area contributed by atoms with Gasteiger partial charge in [0.2, 0.25) is 0 Å². The van der Waals surface area contributed by atoms with E-state index in [0.29, 0.717) is 17.5 Å². The number of hydrogen-bond acceptors (Lipinski definition) is 5. The monoisotopic (exact) mass is 566 g/mol. The molecule has 0 spiro atoms. The van der Waals surface area contributed by atoms with E-state index in [1.54, 1.807) is 0 Å². The van der Waals surface area contributed by atoms with Crippen LogP contribution in [0.5, 0.6) is 0 Å². The van der Waals surface area contributed by atoms with Gasteiger partial charge in [0, 0.05) is 44.9 Å². The first kappa shape index (κ1) is 24.8. The van der Waals surface area contributed by atoms with Crippen LogP contribution in [0.1, 0.15) is 22.8 Å². The van der Waals surface area contributed by atoms with Gasteiger partial charge in [-0.1, -0.05) is 115 Å². The lowest BCUT2D eigenvalue weighted by atomic mass is 9.82. The standard InChI is InChI=1S/C39H26N4O/c1-4-12-25(13-5-1)37-40-38(26-14-6-2-7-15-26)42-39(41-37)27-20-21-30-34(24-27)44-33-23-22-32-35(36(30)33)29-18-10-11-19-31(29)43(32)28-16-8-3-9-17-28/h1-24,32,35H. The van der Waals surface area contributed by atoms with Crippen LogP contribution in [0, 0.1) is 0 Å². The van der Waals surface area contributed by atoms with Crippen LogP contribution >= 0.6 is 0 Å². The molecule has 2 aromatic heterocycles. The minimum absolute atomic E-state index is 0.157. The average molecular weight is 567 g/mol. The van der Waals surface area contributed by atoms with Crippen molar-refractivity contribution in [3.63, 3.8) is 0 Å². The van der Waals surface area contributed by atoms with Gasteiger partial charge in [-0.2, -0.15) is 0 Å². The topological polar surface area (TPSA) is 55.1 Å². The largest absolute Gasteiger partial charge is 0.456 e. The first-order valence-electron chi connectivity index (χ1n) is 14.9. The molecule has 3 heterocycles. The Bertz CT molecular complexity index is 2130. The molecule has 0 fully saturated rings. The maximum atomic E-state index is 6.57. The summed E-state index contributed by atoms with van der Waals surface area (Å²) in [6.07, 6.45) is 4.43. The summed E-state index contributed by atoms with van der Waals surface area (Å²) in [5.74, 6) is 2.97. The molecule has 0 amide bonds. The molecule has 5 nitrogen and oxygen atoms in total. The van der Waals surface area contributed by atoms with Gasteiger partial charge >= 0.3 is 0 Å². The van der Waals surface area contributed by atoms with E-state index in [2.05, 4.69) is 89.8 Å². The third-order valence-corrected chi connectivity index (χ3v) is 8.68. The molecule has 1 aliphatic carbocycles. The number of fused-ring (bicyclic) bond motifs is 7. The summed E-state index contributed by atoms with van der Waals surface area (Å²) in [6.45, 7) is 0. The molecule has 5 heteroatoms. The van der Waals surface area contributed by atoms with E-state index < -0.39 is 0 Å². The summed E-state index contributed by atoms with van der Waals surface area (Å²) >= 11 is 0. The van der Waals surface area contributed by atoms with E-state index >= 15 is 0 Å². The second-order valence-electron chi connectivity index (χ2n) is 11.2. The van der Waals surface area contributed by atoms with E-state index in [0.717, 1.165) is 33.4 Å². The van der Waals surface area contributed by atoms with Gasteiger partial charge in [0.1, 0.15) is 11.3 Å². The Morgan fingerprint density at radius 2 is 1.16 bits per heavy atom. The van der Waals surface area contributed by atoms with Gasteiger partial charge in [0.25, 0.3) is 0 Å². The smallest absolute Gasteiger partial charge is 0.164 e. The van der Waals surface area contributed by atoms with E-state index in [1.807, 2.05) is 60.7 Å². The number of aromatic nitrogens is 3. The first-order valence-corrected chi connectivity index (χ1v) is 14.9. The van der Waals surface area contributed by atoms with Crippen LogP contribution in [0.4, 0.5) is 11.4 Å². The molecule has 208 valence electrons. The molecule has 1 aliphatic heterocycles. The van der Waals surface area contributed by atoms with Crippen molar-refractivity contribution >= 4 is 28.4 Å². The minimum atomic E-state index is 0.157. The SMILES string of the molecule is C1=CC2C(c3ccccc3N2c2ccccc2)c2c1oc1cc(-c3nc(-c4ccccc4)nc(-c4ccccc4)n3)ccc21. The number of benzene rings is 5. The predicted octanol–water partition coefficient (Wildman–Crippen LogP) is 9.30. The molecule has 9 rings (SSSR count). The van der Waals surface area contributed by atoms with Gasteiger partial charge in [-0.25, -0.2) is 15.0 Å². The maximum absolute atomic E-state index is 6.57. The highest BCUT2D eigenvalue weighted by Gasteiger charge is 2.43. The zero-order valence-corrected chi connectivity index (χ0v) is 23.7. The predicted molar refractivity (Wildman–Crippen MR) is 176 cm³/mol. The van der Waals surface area contributed by atoms with Gasteiger partial charge < -0.3 is 9.32 Å². The number of hydrogen-bond donors (Lipinski definition) is 0. The van der Waals surface area contributed by atoms with Crippen LogP contribution in [0.15, 0.2) is 144 Å². The van der Waals surface area contributed by atoms with Crippen LogP contribution in [-0.2, 0) is 0 Å². The van der Waals surface area contributed by atoms with Gasteiger partial charge in [-0.15, -0.1) is 0 Å². The Hall–Kier alpha value is -5.81. The molecule has 0 saturated heterocycles. The normalized spacial score (nSPS) is 16.5. The molecule has 7 aromatic rings. The highest BCUT2D eigenvalue weighted by Crippen LogP contribution is 2.53. The molecule has 0 radical (unpaired) electrons. The van der Waals surface area contributed by atoms with Crippen molar-refractivity contribution in [2.45, 2.75) is 12.0 Å². The quantitative estimate of drug-likeness (QED) is 0.212. The lowest BCUT2D eigenvalue weighted by Gasteiger charge is -2.30. The Kier molecular flexibility index (Phi) is 5.56. The van der Waals surface area contributed by atoms with Crippen LogP contribution in [0.2, 0.25) is 0 Å². The van der Waals surface area contributed by atoms with Gasteiger partial charge in [0.05, 0.1) is 6.04 Å². The highest BCUT2D eigenvalue weighted by molar-refractivity contribution is 5.92. The Morgan fingerprint density at radius 3 is 1.84 bits per heavy atom. The van der Waals surface area contributed by atoms with Crippen LogP contribution < -0.4 is 4.90 Å². The van der Waals surface area contributed by atoms with Gasteiger partial charge in [-0.05, 0) is 35.9 Å². The zero-order chi connectivity index (χ0) is 29.0. The third kappa shape index (κ3) is 3.90. The summed E-state index contributed by atoms with van der Waals surface area (Å²) in [5, 5.41) is 1.12. The van der Waals surface area contributed by atoms with Crippen molar-refractivity contribution in [2.75, 3.05) is 4.90 Å². The van der Waals surface area contributed by atoms with Crippen molar-refractivity contribution < 1.29 is 4.42 Å². The van der Waals surface area contributed by atoms with Gasteiger partial charge in [0.15, 0.2) is 17.5 Å². The van der Waals surface area contributed by atoms with Crippen molar-refractivity contribution in [3.8, 4) is 34.2 Å². The molecular weight excluding hydrogens is 540 g/mol. The van der Waals surface area contributed by atoms with Crippen molar-refractivity contribution in [1.82, 2.24) is 15.0 Å². The Balaban J connectivity index is 1.18. The number of anilines is 2. The first-order chi connectivity index (χ1) is 21.8. The number of rotatable bonds is 4. The average Bonchev–Trinajstić information content (AvgIpc) is 3.64. The summed E-state index contributed by atoms with van der Waals surface area (Å²) in [4.78, 5) is 17.2. The fourth-order valence-electron chi connectivity index (χ4n) is 6.73. The molecule has 2 aliphatic rings.